The molecule has 0 spiro atoms. The van der Waals surface area contributed by atoms with E-state index < -0.39 is 0 Å². The molecule has 3 aromatic rings. The Morgan fingerprint density at radius 2 is 1.95 bits per heavy atom. The molecule has 0 unspecified atom stereocenters. The van der Waals surface area contributed by atoms with E-state index in [1.54, 1.807) is 13.2 Å². The quantitative estimate of drug-likeness (QED) is 0.739. The lowest BCUT2D eigenvalue weighted by atomic mass is 10.0. The van der Waals surface area contributed by atoms with Crippen LogP contribution < -0.4 is 0 Å². The SMILES string of the molecule is COCc1nc2ccc(C(=O)c3ccccc3)cc2[nH]1. The summed E-state index contributed by atoms with van der Waals surface area (Å²) in [7, 11) is 1.62. The van der Waals surface area contributed by atoms with E-state index in [2.05, 4.69) is 9.97 Å². The Morgan fingerprint density at radius 1 is 1.15 bits per heavy atom. The summed E-state index contributed by atoms with van der Waals surface area (Å²) in [6, 6.07) is 14.7. The van der Waals surface area contributed by atoms with Crippen LogP contribution in [-0.4, -0.2) is 22.9 Å². The highest BCUT2D eigenvalue weighted by Crippen LogP contribution is 2.17. The number of nitrogens with one attached hydrogen (secondary N) is 1. The summed E-state index contributed by atoms with van der Waals surface area (Å²) in [5.74, 6) is 0.766. The third-order valence-corrected chi connectivity index (χ3v) is 3.11. The van der Waals surface area contributed by atoms with Gasteiger partial charge in [0, 0.05) is 18.2 Å². The van der Waals surface area contributed by atoms with Crippen LogP contribution in [0.5, 0.6) is 0 Å². The molecule has 0 aliphatic carbocycles. The highest BCUT2D eigenvalue weighted by Gasteiger charge is 2.10. The van der Waals surface area contributed by atoms with Gasteiger partial charge in [0.15, 0.2) is 5.78 Å². The second kappa shape index (κ2) is 5.27. The van der Waals surface area contributed by atoms with Crippen molar-refractivity contribution in [2.45, 2.75) is 6.61 Å². The zero-order valence-corrected chi connectivity index (χ0v) is 11.1. The summed E-state index contributed by atoms with van der Waals surface area (Å²) in [5.41, 5.74) is 3.01. The molecule has 2 aromatic carbocycles. The number of hydrogen-bond acceptors (Lipinski definition) is 3. The Kier molecular flexibility index (Phi) is 3.31. The fourth-order valence-corrected chi connectivity index (χ4v) is 2.16. The molecule has 1 aromatic heterocycles. The molecule has 0 radical (unpaired) electrons. The molecule has 4 heteroatoms. The lowest BCUT2D eigenvalue weighted by Crippen LogP contribution is -2.00. The summed E-state index contributed by atoms with van der Waals surface area (Å²) in [6.45, 7) is 0.427. The molecule has 0 bridgehead atoms. The number of carbonyl (C=O) groups is 1. The van der Waals surface area contributed by atoms with Gasteiger partial charge in [-0.3, -0.25) is 4.79 Å². The van der Waals surface area contributed by atoms with E-state index in [9.17, 15) is 4.79 Å². The number of ether oxygens (including phenoxy) is 1. The van der Waals surface area contributed by atoms with Gasteiger partial charge >= 0.3 is 0 Å². The smallest absolute Gasteiger partial charge is 0.193 e. The molecule has 0 fully saturated rings. The molecule has 0 atom stereocenters. The monoisotopic (exact) mass is 266 g/mol. The topological polar surface area (TPSA) is 55.0 Å². The maximum absolute atomic E-state index is 12.4. The van der Waals surface area contributed by atoms with E-state index in [0.717, 1.165) is 16.9 Å². The Balaban J connectivity index is 1.98. The molecule has 100 valence electrons. The molecule has 0 aliphatic heterocycles. The van der Waals surface area contributed by atoms with Crippen molar-refractivity contribution in [1.82, 2.24) is 9.97 Å². The van der Waals surface area contributed by atoms with Crippen LogP contribution in [0.1, 0.15) is 21.7 Å². The molecule has 0 aliphatic rings. The number of aromatic nitrogens is 2. The van der Waals surface area contributed by atoms with Crippen LogP contribution in [0.2, 0.25) is 0 Å². The highest BCUT2D eigenvalue weighted by molar-refractivity contribution is 6.10. The second-order valence-corrected chi connectivity index (χ2v) is 4.54. The van der Waals surface area contributed by atoms with Crippen molar-refractivity contribution in [2.75, 3.05) is 7.11 Å². The van der Waals surface area contributed by atoms with Crippen LogP contribution >= 0.6 is 0 Å². The standard InChI is InChI=1S/C16H14N2O2/c1-20-10-15-17-13-8-7-12(9-14(13)18-15)16(19)11-5-3-2-4-6-11/h2-9H,10H2,1H3,(H,17,18). The number of imidazole rings is 1. The zero-order valence-electron chi connectivity index (χ0n) is 11.1. The first kappa shape index (κ1) is 12.6. The van der Waals surface area contributed by atoms with Crippen LogP contribution in [-0.2, 0) is 11.3 Å². The van der Waals surface area contributed by atoms with Crippen molar-refractivity contribution >= 4 is 16.8 Å². The zero-order chi connectivity index (χ0) is 13.9. The van der Waals surface area contributed by atoms with Crippen LogP contribution in [0.25, 0.3) is 11.0 Å². The number of H-pyrrole nitrogens is 1. The second-order valence-electron chi connectivity index (χ2n) is 4.54. The number of benzene rings is 2. The number of nitrogens with zero attached hydrogens (tertiary/aromatic N) is 1. The molecular formula is C16H14N2O2. The van der Waals surface area contributed by atoms with Crippen LogP contribution in [0.4, 0.5) is 0 Å². The normalized spacial score (nSPS) is 10.8. The Morgan fingerprint density at radius 3 is 2.70 bits per heavy atom. The Hall–Kier alpha value is -2.46. The van der Waals surface area contributed by atoms with E-state index in [0.29, 0.717) is 17.7 Å². The van der Waals surface area contributed by atoms with Gasteiger partial charge < -0.3 is 9.72 Å². The van der Waals surface area contributed by atoms with Gasteiger partial charge in [0.2, 0.25) is 0 Å². The van der Waals surface area contributed by atoms with Gasteiger partial charge in [0.1, 0.15) is 12.4 Å². The van der Waals surface area contributed by atoms with Crippen molar-refractivity contribution in [1.29, 1.82) is 0 Å². The molecule has 0 amide bonds. The molecule has 3 rings (SSSR count). The first-order valence-electron chi connectivity index (χ1n) is 6.35. The van der Waals surface area contributed by atoms with Crippen molar-refractivity contribution < 1.29 is 9.53 Å². The number of aromatic amines is 1. The molecule has 20 heavy (non-hydrogen) atoms. The van der Waals surface area contributed by atoms with Crippen LogP contribution in [0.15, 0.2) is 48.5 Å². The molecular weight excluding hydrogens is 252 g/mol. The number of methoxy groups -OCH3 is 1. The van der Waals surface area contributed by atoms with Crippen molar-refractivity contribution in [3.8, 4) is 0 Å². The van der Waals surface area contributed by atoms with Gasteiger partial charge in [-0.2, -0.15) is 0 Å². The average Bonchev–Trinajstić information content (AvgIpc) is 2.89. The predicted octanol–water partition coefficient (Wildman–Crippen LogP) is 2.94. The van der Waals surface area contributed by atoms with E-state index in [-0.39, 0.29) is 5.78 Å². The fourth-order valence-electron chi connectivity index (χ4n) is 2.16. The van der Waals surface area contributed by atoms with Gasteiger partial charge in [-0.15, -0.1) is 0 Å². The summed E-state index contributed by atoms with van der Waals surface area (Å²) >= 11 is 0. The fraction of sp³-hybridized carbons (Fsp3) is 0.125. The number of hydrogen-bond donors (Lipinski definition) is 1. The summed E-state index contributed by atoms with van der Waals surface area (Å²) < 4.78 is 5.04. The Labute approximate surface area is 116 Å². The number of ketones is 1. The third-order valence-electron chi connectivity index (χ3n) is 3.11. The van der Waals surface area contributed by atoms with Crippen molar-refractivity contribution in [3.05, 3.63) is 65.5 Å². The van der Waals surface area contributed by atoms with Gasteiger partial charge in [-0.1, -0.05) is 30.3 Å². The number of fused-ring (bicyclic) bond motifs is 1. The predicted molar refractivity (Wildman–Crippen MR) is 76.7 cm³/mol. The van der Waals surface area contributed by atoms with Gasteiger partial charge in [0.25, 0.3) is 0 Å². The Bertz CT molecular complexity index is 748. The lowest BCUT2D eigenvalue weighted by molar-refractivity contribution is 0.103. The maximum Gasteiger partial charge on any atom is 0.193 e. The first-order chi connectivity index (χ1) is 9.78. The highest BCUT2D eigenvalue weighted by atomic mass is 16.5. The minimum absolute atomic E-state index is 0.00962. The average molecular weight is 266 g/mol. The van der Waals surface area contributed by atoms with E-state index in [4.69, 9.17) is 4.74 Å². The van der Waals surface area contributed by atoms with Gasteiger partial charge in [-0.25, -0.2) is 4.98 Å². The van der Waals surface area contributed by atoms with E-state index in [1.165, 1.54) is 0 Å². The molecule has 4 nitrogen and oxygen atoms in total. The minimum atomic E-state index is 0.00962. The number of carbonyl (C=O) groups excluding carboxylic acids is 1. The van der Waals surface area contributed by atoms with E-state index >= 15 is 0 Å². The largest absolute Gasteiger partial charge is 0.377 e. The van der Waals surface area contributed by atoms with Crippen molar-refractivity contribution in [2.24, 2.45) is 0 Å². The van der Waals surface area contributed by atoms with Gasteiger partial charge in [-0.05, 0) is 18.2 Å². The summed E-state index contributed by atoms with van der Waals surface area (Å²) in [5, 5.41) is 0. The molecule has 1 N–H and O–H groups in total. The van der Waals surface area contributed by atoms with Crippen molar-refractivity contribution in [3.63, 3.8) is 0 Å². The van der Waals surface area contributed by atoms with E-state index in [1.807, 2.05) is 42.5 Å². The van der Waals surface area contributed by atoms with Crippen LogP contribution in [0.3, 0.4) is 0 Å². The maximum atomic E-state index is 12.4. The molecule has 0 saturated heterocycles. The first-order valence-corrected chi connectivity index (χ1v) is 6.35. The third kappa shape index (κ3) is 2.33. The summed E-state index contributed by atoms with van der Waals surface area (Å²) in [4.78, 5) is 19.9. The minimum Gasteiger partial charge on any atom is -0.377 e. The van der Waals surface area contributed by atoms with Crippen LogP contribution in [0, 0.1) is 0 Å². The molecule has 1 heterocycles. The van der Waals surface area contributed by atoms with Gasteiger partial charge in [0.05, 0.1) is 11.0 Å². The summed E-state index contributed by atoms with van der Waals surface area (Å²) in [6.07, 6.45) is 0. The number of rotatable bonds is 4. The molecule has 0 saturated carbocycles. The lowest BCUT2D eigenvalue weighted by Gasteiger charge is -2.00.